The average molecular weight is 353 g/mol. The number of hydrogen-bond acceptors (Lipinski definition) is 1. The molecule has 1 aliphatic heterocycles. The zero-order valence-corrected chi connectivity index (χ0v) is 15.3. The van der Waals surface area contributed by atoms with E-state index in [1.54, 1.807) is 4.90 Å². The molecule has 0 atom stereocenters. The Labute approximate surface area is 156 Å². The van der Waals surface area contributed by atoms with Gasteiger partial charge in [0.2, 0.25) is 0 Å². The van der Waals surface area contributed by atoms with Crippen molar-refractivity contribution >= 4 is 17.3 Å². The van der Waals surface area contributed by atoms with Gasteiger partial charge in [0.25, 0.3) is 0 Å². The molecule has 1 fully saturated rings. The Bertz CT molecular complexity index is 639. The van der Waals surface area contributed by atoms with Crippen molar-refractivity contribution in [2.75, 3.05) is 32.7 Å². The Hall–Kier alpha value is -2.17. The van der Waals surface area contributed by atoms with Gasteiger partial charge in [0.15, 0.2) is 5.11 Å². The largest absolute Gasteiger partial charge is 0.359 e. The third kappa shape index (κ3) is 4.47. The summed E-state index contributed by atoms with van der Waals surface area (Å²) in [4.78, 5) is 3.87. The molecule has 0 amide bonds. The van der Waals surface area contributed by atoms with E-state index in [-0.39, 0.29) is 0 Å². The highest BCUT2D eigenvalue weighted by atomic mass is 32.1. The molecule has 4 heteroatoms. The third-order valence-corrected chi connectivity index (χ3v) is 5.17. The number of benzene rings is 2. The zero-order chi connectivity index (χ0) is 17.5. The van der Waals surface area contributed by atoms with Crippen molar-refractivity contribution in [2.24, 2.45) is 0 Å². The van der Waals surface area contributed by atoms with E-state index in [2.05, 4.69) is 77.5 Å². The molecule has 0 spiro atoms. The number of hydrogen-bond donors (Lipinski definition) is 2. The van der Waals surface area contributed by atoms with Crippen molar-refractivity contribution in [3.05, 3.63) is 84.4 Å². The quantitative estimate of drug-likeness (QED) is 0.635. The summed E-state index contributed by atoms with van der Waals surface area (Å²) >= 11 is 5.49. The number of quaternary nitrogens is 1. The lowest BCUT2D eigenvalue weighted by Crippen LogP contribution is -3.15. The van der Waals surface area contributed by atoms with Gasteiger partial charge in [-0.1, -0.05) is 66.7 Å². The van der Waals surface area contributed by atoms with E-state index in [9.17, 15) is 0 Å². The first-order valence-electron chi connectivity index (χ1n) is 8.87. The van der Waals surface area contributed by atoms with E-state index in [1.165, 1.54) is 11.1 Å². The summed E-state index contributed by atoms with van der Waals surface area (Å²) < 4.78 is 0. The molecule has 2 aromatic carbocycles. The summed E-state index contributed by atoms with van der Waals surface area (Å²) in [5.74, 6) is 0. The predicted octanol–water partition coefficient (Wildman–Crippen LogP) is 2.04. The molecule has 2 aromatic rings. The van der Waals surface area contributed by atoms with E-state index in [0.717, 1.165) is 37.8 Å². The van der Waals surface area contributed by atoms with Crippen molar-refractivity contribution in [1.29, 1.82) is 0 Å². The van der Waals surface area contributed by atoms with Crippen LogP contribution in [0, 0.1) is 0 Å². The number of nitrogens with one attached hydrogen (secondary N) is 2. The van der Waals surface area contributed by atoms with Gasteiger partial charge in [0, 0.05) is 17.7 Å². The highest BCUT2D eigenvalue weighted by Gasteiger charge is 2.30. The highest BCUT2D eigenvalue weighted by Crippen LogP contribution is 2.19. The van der Waals surface area contributed by atoms with Gasteiger partial charge >= 0.3 is 0 Å². The van der Waals surface area contributed by atoms with Crippen molar-refractivity contribution in [2.45, 2.75) is 6.04 Å². The lowest BCUT2D eigenvalue weighted by Gasteiger charge is -2.38. The van der Waals surface area contributed by atoms with Gasteiger partial charge in [-0.25, -0.2) is 0 Å². The van der Waals surface area contributed by atoms with Crippen LogP contribution in [0.1, 0.15) is 17.2 Å². The van der Waals surface area contributed by atoms with E-state index >= 15 is 0 Å². The van der Waals surface area contributed by atoms with Crippen LogP contribution in [-0.4, -0.2) is 42.7 Å². The van der Waals surface area contributed by atoms with Crippen LogP contribution >= 0.6 is 12.2 Å². The standard InChI is InChI=1S/C21H25N3S/c1-2-13-22-21(25)24-16-14-23(15-17-24)20(18-9-5-3-6-10-18)19-11-7-4-8-12-19/h2-12,20H,1,13-17H2,(H,22,25)/p+1. The molecular weight excluding hydrogens is 326 g/mol. The van der Waals surface area contributed by atoms with Crippen LogP contribution in [0.15, 0.2) is 73.3 Å². The van der Waals surface area contributed by atoms with Crippen LogP contribution in [0.5, 0.6) is 0 Å². The summed E-state index contributed by atoms with van der Waals surface area (Å²) in [6, 6.07) is 22.1. The molecule has 1 aliphatic rings. The minimum Gasteiger partial charge on any atom is -0.359 e. The van der Waals surface area contributed by atoms with Gasteiger partial charge in [0.05, 0.1) is 26.2 Å². The van der Waals surface area contributed by atoms with Gasteiger partial charge < -0.3 is 15.1 Å². The van der Waals surface area contributed by atoms with Crippen molar-refractivity contribution in [1.82, 2.24) is 10.2 Å². The van der Waals surface area contributed by atoms with E-state index in [0.29, 0.717) is 6.04 Å². The van der Waals surface area contributed by atoms with Gasteiger partial charge in [-0.15, -0.1) is 6.58 Å². The minimum absolute atomic E-state index is 0.374. The van der Waals surface area contributed by atoms with Gasteiger partial charge in [0.1, 0.15) is 6.04 Å². The molecule has 0 bridgehead atoms. The summed E-state index contributed by atoms with van der Waals surface area (Å²) in [5, 5.41) is 4.08. The van der Waals surface area contributed by atoms with E-state index in [1.807, 2.05) is 6.08 Å². The van der Waals surface area contributed by atoms with Gasteiger partial charge in [-0.05, 0) is 12.2 Å². The smallest absolute Gasteiger partial charge is 0.169 e. The minimum atomic E-state index is 0.374. The molecular formula is C21H26N3S+. The monoisotopic (exact) mass is 352 g/mol. The lowest BCUT2D eigenvalue weighted by molar-refractivity contribution is -0.929. The van der Waals surface area contributed by atoms with Crippen molar-refractivity contribution < 1.29 is 4.90 Å². The zero-order valence-electron chi connectivity index (χ0n) is 14.5. The van der Waals surface area contributed by atoms with Crippen LogP contribution in [-0.2, 0) is 0 Å². The molecule has 1 saturated heterocycles. The van der Waals surface area contributed by atoms with E-state index in [4.69, 9.17) is 12.2 Å². The molecule has 0 saturated carbocycles. The lowest BCUT2D eigenvalue weighted by atomic mass is 9.96. The predicted molar refractivity (Wildman–Crippen MR) is 108 cm³/mol. The Morgan fingerprint density at radius 1 is 1.04 bits per heavy atom. The second-order valence-corrected chi connectivity index (χ2v) is 6.76. The second kappa shape index (κ2) is 8.79. The van der Waals surface area contributed by atoms with Gasteiger partial charge in [-0.2, -0.15) is 0 Å². The maximum Gasteiger partial charge on any atom is 0.169 e. The molecule has 0 aromatic heterocycles. The van der Waals surface area contributed by atoms with Crippen LogP contribution in [0.3, 0.4) is 0 Å². The van der Waals surface area contributed by atoms with Gasteiger partial charge in [-0.3, -0.25) is 0 Å². The number of thiocarbonyl (C=S) groups is 1. The van der Waals surface area contributed by atoms with Crippen LogP contribution in [0.2, 0.25) is 0 Å². The molecule has 3 rings (SSSR count). The molecule has 130 valence electrons. The Balaban J connectivity index is 1.73. The molecule has 3 nitrogen and oxygen atoms in total. The fourth-order valence-corrected chi connectivity index (χ4v) is 3.78. The maximum atomic E-state index is 5.49. The summed E-state index contributed by atoms with van der Waals surface area (Å²) in [6.45, 7) is 8.57. The SMILES string of the molecule is C=CCNC(=S)N1CC[NH+](C(c2ccccc2)c2ccccc2)CC1. The Morgan fingerprint density at radius 2 is 1.56 bits per heavy atom. The molecule has 0 unspecified atom stereocenters. The molecule has 2 N–H and O–H groups in total. The summed E-state index contributed by atoms with van der Waals surface area (Å²) in [6.07, 6.45) is 1.84. The van der Waals surface area contributed by atoms with Crippen LogP contribution in [0.4, 0.5) is 0 Å². The first-order valence-corrected chi connectivity index (χ1v) is 9.28. The normalized spacial score (nSPS) is 15.2. The van der Waals surface area contributed by atoms with Crippen molar-refractivity contribution in [3.8, 4) is 0 Å². The number of piperazine rings is 1. The third-order valence-electron chi connectivity index (χ3n) is 4.76. The fourth-order valence-electron chi connectivity index (χ4n) is 3.51. The van der Waals surface area contributed by atoms with Crippen molar-refractivity contribution in [3.63, 3.8) is 0 Å². The van der Waals surface area contributed by atoms with E-state index < -0.39 is 0 Å². The Morgan fingerprint density at radius 3 is 2.04 bits per heavy atom. The topological polar surface area (TPSA) is 19.7 Å². The summed E-state index contributed by atoms with van der Waals surface area (Å²) in [7, 11) is 0. The maximum absolute atomic E-state index is 5.49. The first-order chi connectivity index (χ1) is 12.3. The average Bonchev–Trinajstić information content (AvgIpc) is 2.68. The molecule has 1 heterocycles. The molecule has 0 aliphatic carbocycles. The Kier molecular flexibility index (Phi) is 6.20. The fraction of sp³-hybridized carbons (Fsp3) is 0.286. The molecule has 0 radical (unpaired) electrons. The summed E-state index contributed by atoms with van der Waals surface area (Å²) in [5.41, 5.74) is 2.76. The first kappa shape index (κ1) is 17.6. The number of rotatable bonds is 5. The molecule has 25 heavy (non-hydrogen) atoms. The highest BCUT2D eigenvalue weighted by molar-refractivity contribution is 7.80. The van der Waals surface area contributed by atoms with Crippen LogP contribution in [0.25, 0.3) is 0 Å². The van der Waals surface area contributed by atoms with Crippen LogP contribution < -0.4 is 10.2 Å². The second-order valence-electron chi connectivity index (χ2n) is 6.37. The number of nitrogens with zero attached hydrogens (tertiary/aromatic N) is 1.